The second-order valence-corrected chi connectivity index (χ2v) is 5.00. The lowest BCUT2D eigenvalue weighted by molar-refractivity contribution is -0.120. The molecule has 0 aromatic heterocycles. The summed E-state index contributed by atoms with van der Waals surface area (Å²) in [5.41, 5.74) is 0.906. The van der Waals surface area contributed by atoms with Gasteiger partial charge in [0.15, 0.2) is 0 Å². The van der Waals surface area contributed by atoms with Crippen LogP contribution in [0.15, 0.2) is 30.3 Å². The summed E-state index contributed by atoms with van der Waals surface area (Å²) >= 11 is 0. The van der Waals surface area contributed by atoms with Crippen LogP contribution in [0, 0.1) is 0 Å². The van der Waals surface area contributed by atoms with E-state index >= 15 is 0 Å². The van der Waals surface area contributed by atoms with Gasteiger partial charge in [0.25, 0.3) is 0 Å². The zero-order valence-electron chi connectivity index (χ0n) is 11.8. The highest BCUT2D eigenvalue weighted by atomic mass is 16.3. The molecule has 0 saturated heterocycles. The van der Waals surface area contributed by atoms with Gasteiger partial charge in [-0.3, -0.25) is 4.79 Å². The highest BCUT2D eigenvalue weighted by Crippen LogP contribution is 2.12. The van der Waals surface area contributed by atoms with E-state index in [1.54, 1.807) is 0 Å². The van der Waals surface area contributed by atoms with Crippen LogP contribution in [0.2, 0.25) is 0 Å². The van der Waals surface area contributed by atoms with Crippen molar-refractivity contribution in [2.45, 2.75) is 38.8 Å². The fourth-order valence-corrected chi connectivity index (χ4v) is 1.79. The predicted molar refractivity (Wildman–Crippen MR) is 76.7 cm³/mol. The highest BCUT2D eigenvalue weighted by Gasteiger charge is 2.21. The van der Waals surface area contributed by atoms with Gasteiger partial charge in [0.05, 0.1) is 6.54 Å². The molecule has 0 radical (unpaired) electrons. The third-order valence-electron chi connectivity index (χ3n) is 3.45. The average molecular weight is 264 g/mol. The normalized spacial score (nSPS) is 13.8. The third kappa shape index (κ3) is 5.85. The van der Waals surface area contributed by atoms with E-state index in [4.69, 9.17) is 5.11 Å². The Hall–Kier alpha value is -1.39. The molecule has 3 N–H and O–H groups in total. The molecule has 1 aromatic carbocycles. The van der Waals surface area contributed by atoms with E-state index in [1.807, 2.05) is 44.2 Å². The fourth-order valence-electron chi connectivity index (χ4n) is 1.79. The predicted octanol–water partition coefficient (Wildman–Crippen LogP) is 1.44. The maximum absolute atomic E-state index is 11.7. The molecule has 4 heteroatoms. The number of aliphatic hydroxyl groups is 1. The summed E-state index contributed by atoms with van der Waals surface area (Å²) in [5, 5.41) is 15.1. The largest absolute Gasteiger partial charge is 0.396 e. The summed E-state index contributed by atoms with van der Waals surface area (Å²) in [6.45, 7) is 5.02. The molecule has 0 bridgehead atoms. The van der Waals surface area contributed by atoms with Crippen molar-refractivity contribution in [1.82, 2.24) is 10.6 Å². The molecular formula is C15H24N2O2. The molecule has 0 spiro atoms. The first-order valence-electron chi connectivity index (χ1n) is 6.76. The molecule has 1 amide bonds. The van der Waals surface area contributed by atoms with E-state index in [9.17, 15) is 4.79 Å². The average Bonchev–Trinajstić information content (AvgIpc) is 2.44. The van der Waals surface area contributed by atoms with Crippen LogP contribution < -0.4 is 10.6 Å². The molecule has 0 fully saturated rings. The van der Waals surface area contributed by atoms with Crippen LogP contribution in [0.3, 0.4) is 0 Å². The number of amides is 1. The smallest absolute Gasteiger partial charge is 0.234 e. The van der Waals surface area contributed by atoms with Gasteiger partial charge in [-0.2, -0.15) is 0 Å². The molecule has 19 heavy (non-hydrogen) atoms. The molecule has 106 valence electrons. The van der Waals surface area contributed by atoms with Crippen molar-refractivity contribution in [3.8, 4) is 0 Å². The van der Waals surface area contributed by atoms with Crippen LogP contribution in [0.25, 0.3) is 0 Å². The summed E-state index contributed by atoms with van der Waals surface area (Å²) in [6, 6.07) is 9.82. The van der Waals surface area contributed by atoms with Gasteiger partial charge in [-0.25, -0.2) is 0 Å². The van der Waals surface area contributed by atoms with Crippen molar-refractivity contribution in [3.63, 3.8) is 0 Å². The Bertz CT molecular complexity index is 381. The van der Waals surface area contributed by atoms with Gasteiger partial charge >= 0.3 is 0 Å². The molecule has 0 aliphatic carbocycles. The number of aliphatic hydroxyl groups excluding tert-OH is 1. The van der Waals surface area contributed by atoms with Crippen molar-refractivity contribution >= 4 is 5.91 Å². The molecule has 0 saturated carbocycles. The van der Waals surface area contributed by atoms with Gasteiger partial charge in [-0.05, 0) is 25.3 Å². The number of carbonyl (C=O) groups excluding carboxylic acids is 1. The zero-order chi connectivity index (χ0) is 14.1. The van der Waals surface area contributed by atoms with Crippen LogP contribution >= 0.6 is 0 Å². The van der Waals surface area contributed by atoms with Crippen molar-refractivity contribution in [2.24, 2.45) is 0 Å². The number of nitrogens with one attached hydrogen (secondary N) is 2. The van der Waals surface area contributed by atoms with E-state index in [0.717, 1.165) is 12.0 Å². The highest BCUT2D eigenvalue weighted by molar-refractivity contribution is 5.78. The van der Waals surface area contributed by atoms with Gasteiger partial charge in [0.1, 0.15) is 0 Å². The van der Waals surface area contributed by atoms with Gasteiger partial charge < -0.3 is 15.7 Å². The van der Waals surface area contributed by atoms with Crippen molar-refractivity contribution < 1.29 is 9.90 Å². The van der Waals surface area contributed by atoms with Crippen LogP contribution in [0.4, 0.5) is 0 Å². The van der Waals surface area contributed by atoms with Gasteiger partial charge in [0.2, 0.25) is 5.91 Å². The lowest BCUT2D eigenvalue weighted by atomic mass is 9.95. The Kier molecular flexibility index (Phi) is 6.53. The summed E-state index contributed by atoms with van der Waals surface area (Å²) in [6.07, 6.45) is 1.52. The molecule has 1 unspecified atom stereocenters. The topological polar surface area (TPSA) is 61.4 Å². The standard InChI is InChI=1S/C15H24N2O2/c1-3-15(2,9-10-18)17-12-14(19)16-11-13-7-5-4-6-8-13/h4-8,17-18H,3,9-12H2,1-2H3,(H,16,19). The van der Waals surface area contributed by atoms with Gasteiger partial charge in [-0.1, -0.05) is 37.3 Å². The number of hydrogen-bond donors (Lipinski definition) is 3. The summed E-state index contributed by atoms with van der Waals surface area (Å²) in [7, 11) is 0. The Balaban J connectivity index is 2.31. The number of benzene rings is 1. The Labute approximate surface area is 115 Å². The van der Waals surface area contributed by atoms with E-state index in [2.05, 4.69) is 10.6 Å². The van der Waals surface area contributed by atoms with Crippen LogP contribution in [-0.2, 0) is 11.3 Å². The maximum atomic E-state index is 11.7. The summed E-state index contributed by atoms with van der Waals surface area (Å²) in [5.74, 6) is -0.0264. The van der Waals surface area contributed by atoms with E-state index in [-0.39, 0.29) is 24.6 Å². The molecule has 0 aliphatic rings. The lowest BCUT2D eigenvalue weighted by Gasteiger charge is -2.28. The first-order chi connectivity index (χ1) is 9.09. The number of hydrogen-bond acceptors (Lipinski definition) is 3. The Morgan fingerprint density at radius 2 is 2.00 bits per heavy atom. The van der Waals surface area contributed by atoms with E-state index in [0.29, 0.717) is 13.0 Å². The van der Waals surface area contributed by atoms with E-state index in [1.165, 1.54) is 0 Å². The zero-order valence-corrected chi connectivity index (χ0v) is 11.8. The van der Waals surface area contributed by atoms with Crippen LogP contribution in [0.5, 0.6) is 0 Å². The summed E-state index contributed by atoms with van der Waals surface area (Å²) in [4.78, 5) is 11.7. The molecule has 0 heterocycles. The van der Waals surface area contributed by atoms with Gasteiger partial charge in [-0.15, -0.1) is 0 Å². The number of rotatable bonds is 8. The lowest BCUT2D eigenvalue weighted by Crippen LogP contribution is -2.47. The van der Waals surface area contributed by atoms with Crippen LogP contribution in [-0.4, -0.2) is 29.7 Å². The second-order valence-electron chi connectivity index (χ2n) is 5.00. The quantitative estimate of drug-likeness (QED) is 0.666. The third-order valence-corrected chi connectivity index (χ3v) is 3.45. The first-order valence-corrected chi connectivity index (χ1v) is 6.76. The maximum Gasteiger partial charge on any atom is 0.234 e. The minimum atomic E-state index is -0.182. The van der Waals surface area contributed by atoms with Crippen LogP contribution in [0.1, 0.15) is 32.3 Å². The van der Waals surface area contributed by atoms with Crippen molar-refractivity contribution in [3.05, 3.63) is 35.9 Å². The molecule has 4 nitrogen and oxygen atoms in total. The van der Waals surface area contributed by atoms with Crippen molar-refractivity contribution in [2.75, 3.05) is 13.2 Å². The molecule has 0 aliphatic heterocycles. The molecule has 1 aromatic rings. The second kappa shape index (κ2) is 7.92. The number of carbonyl (C=O) groups is 1. The first kappa shape index (κ1) is 15.7. The monoisotopic (exact) mass is 264 g/mol. The molecule has 1 atom stereocenters. The minimum absolute atomic E-state index is 0.0264. The fraction of sp³-hybridized carbons (Fsp3) is 0.533. The van der Waals surface area contributed by atoms with Gasteiger partial charge in [0, 0.05) is 18.7 Å². The SMILES string of the molecule is CCC(C)(CCO)NCC(=O)NCc1ccccc1. The minimum Gasteiger partial charge on any atom is -0.396 e. The summed E-state index contributed by atoms with van der Waals surface area (Å²) < 4.78 is 0. The molecular weight excluding hydrogens is 240 g/mol. The molecule has 1 rings (SSSR count). The Morgan fingerprint density at radius 3 is 2.58 bits per heavy atom. The van der Waals surface area contributed by atoms with Crippen molar-refractivity contribution in [1.29, 1.82) is 0 Å². The Morgan fingerprint density at radius 1 is 1.32 bits per heavy atom. The van der Waals surface area contributed by atoms with E-state index < -0.39 is 0 Å².